The Balaban J connectivity index is 1.33. The van der Waals surface area contributed by atoms with Crippen LogP contribution in [0.4, 0.5) is 5.69 Å². The molecular formula is C38H47ClN4O4S. The van der Waals surface area contributed by atoms with Gasteiger partial charge in [0.1, 0.15) is 11.6 Å². The number of hydrogen-bond donors (Lipinski definition) is 2. The van der Waals surface area contributed by atoms with E-state index in [0.717, 1.165) is 54.4 Å². The molecule has 2 aliphatic carbocycles. The summed E-state index contributed by atoms with van der Waals surface area (Å²) in [5, 5.41) is 12.9. The van der Waals surface area contributed by atoms with Gasteiger partial charge in [0.05, 0.1) is 27.6 Å². The van der Waals surface area contributed by atoms with Gasteiger partial charge in [-0.15, -0.1) is 0 Å². The maximum Gasteiger partial charge on any atom is 0.262 e. The molecule has 1 unspecified atom stereocenters. The van der Waals surface area contributed by atoms with Gasteiger partial charge >= 0.3 is 0 Å². The third kappa shape index (κ3) is 6.07. The van der Waals surface area contributed by atoms with Crippen LogP contribution in [-0.2, 0) is 35.0 Å². The van der Waals surface area contributed by atoms with E-state index in [1.54, 1.807) is 12.3 Å². The lowest BCUT2D eigenvalue weighted by Crippen LogP contribution is -2.53. The van der Waals surface area contributed by atoms with Crippen molar-refractivity contribution in [1.82, 2.24) is 14.3 Å². The van der Waals surface area contributed by atoms with E-state index in [9.17, 15) is 14.1 Å². The highest BCUT2D eigenvalue weighted by Gasteiger charge is 2.48. The average molecular weight is 691 g/mol. The first-order valence-electron chi connectivity index (χ1n) is 17.2. The van der Waals surface area contributed by atoms with Gasteiger partial charge in [0, 0.05) is 60.2 Å². The van der Waals surface area contributed by atoms with Crippen LogP contribution in [0, 0.1) is 17.8 Å². The number of fused-ring (bicyclic) bond motifs is 4. The number of nitrogens with one attached hydrogen (secondary N) is 1. The average Bonchev–Trinajstić information content (AvgIpc) is 3.35. The van der Waals surface area contributed by atoms with Crippen LogP contribution in [0.5, 0.6) is 5.75 Å². The van der Waals surface area contributed by atoms with Crippen LogP contribution in [0.15, 0.2) is 60.9 Å². The van der Waals surface area contributed by atoms with Crippen molar-refractivity contribution in [3.63, 3.8) is 0 Å². The standard InChI is InChI=1S/C38H47ClN4O4S/c1-25-7-5-16-38(45,21-35-40-17-18-42(35)3)32-12-9-29(32)22-43-23-37(15-6-8-27-19-30(39)11-13-31(27)37)24-47-34-14-10-28(20-33(34)43)36(44)41-48(4,46)26(25)2/h5,10-11,13-14,16-20,25-26,29,32,45H,4,6-9,12,15,21-24H2,1-3H3,(H,41,44,46)/b16-5+/t25-,26+,29-,32+,37-,38+,48?/m0/s1. The fourth-order valence-electron chi connectivity index (χ4n) is 8.48. The Kier molecular flexibility index (Phi) is 8.70. The summed E-state index contributed by atoms with van der Waals surface area (Å²) in [5.74, 6) is 5.33. The zero-order valence-corrected chi connectivity index (χ0v) is 29.7. The highest BCUT2D eigenvalue weighted by atomic mass is 35.5. The Morgan fingerprint density at radius 1 is 1.21 bits per heavy atom. The van der Waals surface area contributed by atoms with Crippen LogP contribution < -0.4 is 14.4 Å². The minimum Gasteiger partial charge on any atom is -0.490 e. The number of hydrogen-bond acceptors (Lipinski definition) is 6. The summed E-state index contributed by atoms with van der Waals surface area (Å²) in [7, 11) is -1.02. The first-order valence-corrected chi connectivity index (χ1v) is 19.4. The molecule has 256 valence electrons. The Morgan fingerprint density at radius 3 is 2.79 bits per heavy atom. The quantitative estimate of drug-likeness (QED) is 0.257. The van der Waals surface area contributed by atoms with Crippen molar-refractivity contribution in [2.45, 2.75) is 75.1 Å². The van der Waals surface area contributed by atoms with Gasteiger partial charge in [-0.2, -0.15) is 0 Å². The summed E-state index contributed by atoms with van der Waals surface area (Å²) in [6.45, 7) is 5.81. The number of aliphatic hydroxyl groups is 1. The Morgan fingerprint density at radius 2 is 2.04 bits per heavy atom. The van der Waals surface area contributed by atoms with Gasteiger partial charge in [-0.05, 0) is 111 Å². The van der Waals surface area contributed by atoms with Crippen LogP contribution in [-0.4, -0.2) is 61.2 Å². The number of imidazole rings is 1. The summed E-state index contributed by atoms with van der Waals surface area (Å²) in [5.41, 5.74) is 2.43. The minimum absolute atomic E-state index is 0.00986. The minimum atomic E-state index is -2.99. The van der Waals surface area contributed by atoms with E-state index in [2.05, 4.69) is 32.6 Å². The monoisotopic (exact) mass is 690 g/mol. The maximum absolute atomic E-state index is 13.9. The molecule has 1 spiro atoms. The van der Waals surface area contributed by atoms with Crippen molar-refractivity contribution in [2.24, 2.45) is 24.8 Å². The highest BCUT2D eigenvalue weighted by Crippen LogP contribution is 2.49. The lowest BCUT2D eigenvalue weighted by Gasteiger charge is -2.49. The number of carbonyl (C=O) groups is 1. The summed E-state index contributed by atoms with van der Waals surface area (Å²) in [6, 6.07) is 11.8. The van der Waals surface area contributed by atoms with Crippen molar-refractivity contribution in [1.29, 1.82) is 0 Å². The summed E-state index contributed by atoms with van der Waals surface area (Å²) in [6.07, 6.45) is 13.6. The van der Waals surface area contributed by atoms with E-state index in [-0.39, 0.29) is 23.2 Å². The molecule has 1 aromatic heterocycles. The van der Waals surface area contributed by atoms with Gasteiger partial charge in [0.2, 0.25) is 0 Å². The second kappa shape index (κ2) is 12.6. The molecule has 7 rings (SSSR count). The number of benzene rings is 2. The molecular weight excluding hydrogens is 644 g/mol. The maximum atomic E-state index is 13.9. The molecule has 0 radical (unpaired) electrons. The highest BCUT2D eigenvalue weighted by molar-refractivity contribution is 7.99. The molecule has 2 bridgehead atoms. The number of aryl methyl sites for hydroxylation is 2. The Hall–Kier alpha value is -3.27. The van der Waals surface area contributed by atoms with Gasteiger partial charge in [0.15, 0.2) is 0 Å². The predicted octanol–water partition coefficient (Wildman–Crippen LogP) is 5.89. The van der Waals surface area contributed by atoms with Crippen molar-refractivity contribution >= 4 is 38.8 Å². The number of halogens is 1. The van der Waals surface area contributed by atoms with Gasteiger partial charge in [0.25, 0.3) is 5.91 Å². The molecule has 2 aromatic carbocycles. The molecule has 10 heteroatoms. The second-order valence-electron chi connectivity index (χ2n) is 14.8. The summed E-state index contributed by atoms with van der Waals surface area (Å²) < 4.78 is 25.3. The van der Waals surface area contributed by atoms with Crippen molar-refractivity contribution in [3.05, 3.63) is 88.5 Å². The zero-order chi connectivity index (χ0) is 33.8. The zero-order valence-electron chi connectivity index (χ0n) is 28.2. The number of amides is 1. The molecule has 4 aliphatic rings. The van der Waals surface area contributed by atoms with E-state index in [4.69, 9.17) is 16.3 Å². The van der Waals surface area contributed by atoms with E-state index >= 15 is 0 Å². The van der Waals surface area contributed by atoms with Crippen LogP contribution in [0.2, 0.25) is 5.02 Å². The number of carbonyl (C=O) groups excluding carboxylic acids is 1. The van der Waals surface area contributed by atoms with Crippen molar-refractivity contribution in [3.8, 4) is 5.75 Å². The van der Waals surface area contributed by atoms with E-state index < -0.39 is 26.5 Å². The van der Waals surface area contributed by atoms with Crippen molar-refractivity contribution < 1.29 is 18.8 Å². The predicted molar refractivity (Wildman–Crippen MR) is 193 cm³/mol. The first-order chi connectivity index (χ1) is 22.9. The smallest absolute Gasteiger partial charge is 0.262 e. The molecule has 0 saturated heterocycles. The topological polar surface area (TPSA) is 96.7 Å². The lowest BCUT2D eigenvalue weighted by atomic mass is 9.63. The molecule has 3 aromatic rings. The molecule has 2 N–H and O–H groups in total. The number of anilines is 1. The largest absolute Gasteiger partial charge is 0.490 e. The van der Waals surface area contributed by atoms with Gasteiger partial charge in [-0.1, -0.05) is 36.7 Å². The molecule has 2 aliphatic heterocycles. The van der Waals surface area contributed by atoms with Crippen LogP contribution in [0.1, 0.15) is 73.3 Å². The molecule has 1 amide bonds. The molecule has 1 saturated carbocycles. The summed E-state index contributed by atoms with van der Waals surface area (Å²) >= 11 is 6.46. The number of nitrogens with zero attached hydrogens (tertiary/aromatic N) is 3. The van der Waals surface area contributed by atoms with Crippen LogP contribution in [0.3, 0.4) is 0 Å². The van der Waals surface area contributed by atoms with E-state index in [1.807, 2.05) is 62.0 Å². The fraction of sp³-hybridized carbons (Fsp3) is 0.500. The summed E-state index contributed by atoms with van der Waals surface area (Å²) in [4.78, 5) is 20.6. The lowest BCUT2D eigenvalue weighted by molar-refractivity contribution is -0.0462. The van der Waals surface area contributed by atoms with Gasteiger partial charge in [-0.3, -0.25) is 9.52 Å². The van der Waals surface area contributed by atoms with Gasteiger partial charge in [-0.25, -0.2) is 9.19 Å². The molecule has 8 nitrogen and oxygen atoms in total. The number of ether oxygens (including phenoxy) is 1. The van der Waals surface area contributed by atoms with Crippen molar-refractivity contribution in [2.75, 3.05) is 24.6 Å². The SMILES string of the molecule is C=S1(=O)NC(=O)c2ccc3c(c2)N(C[C@@H]2CC[C@H]2[C@](O)(Cc2nccn2C)/C=C/C[C@H](C)[C@H]1C)C[C@@]1(CCCc2cc(Cl)ccc21)CO3. The van der Waals surface area contributed by atoms with Crippen LogP contribution in [0.25, 0.3) is 0 Å². The molecule has 3 heterocycles. The van der Waals surface area contributed by atoms with Gasteiger partial charge < -0.3 is 19.3 Å². The number of allylic oxidation sites excluding steroid dienone is 1. The second-order valence-corrected chi connectivity index (χ2v) is 17.7. The number of aromatic nitrogens is 2. The third-order valence-corrected chi connectivity index (χ3v) is 14.2. The first kappa shape index (κ1) is 33.2. The molecule has 48 heavy (non-hydrogen) atoms. The normalized spacial score (nSPS) is 34.2. The molecule has 7 atom stereocenters. The van der Waals surface area contributed by atoms with E-state index in [1.165, 1.54) is 11.1 Å². The molecule has 1 fully saturated rings. The number of rotatable bonds is 2. The Bertz CT molecular complexity index is 1860. The van der Waals surface area contributed by atoms with E-state index in [0.29, 0.717) is 38.1 Å². The van der Waals surface area contributed by atoms with Crippen LogP contribution >= 0.6 is 11.6 Å². The third-order valence-electron chi connectivity index (χ3n) is 11.8. The Labute approximate surface area is 289 Å². The fourth-order valence-corrected chi connectivity index (χ4v) is 10.2.